The summed E-state index contributed by atoms with van der Waals surface area (Å²) in [5, 5.41) is 11.2. The number of aromatic nitrogens is 1. The second-order valence-corrected chi connectivity index (χ2v) is 9.84. The Morgan fingerprint density at radius 1 is 1.22 bits per heavy atom. The summed E-state index contributed by atoms with van der Waals surface area (Å²) >= 11 is 1.38. The van der Waals surface area contributed by atoms with Gasteiger partial charge in [-0.1, -0.05) is 25.3 Å². The second kappa shape index (κ2) is 11.7. The van der Waals surface area contributed by atoms with E-state index in [-0.39, 0.29) is 35.5 Å². The Kier molecular flexibility index (Phi) is 8.93. The van der Waals surface area contributed by atoms with Crippen molar-refractivity contribution in [3.05, 3.63) is 41.2 Å². The normalized spacial score (nSPS) is 19.2. The molecular weight excluding hydrogens is 429 g/mol. The number of carbonyl (C=O) groups excluding carboxylic acids is 2. The Balaban J connectivity index is 1.40. The molecule has 5 nitrogen and oxygen atoms in total. The number of nitrogens with zero attached hydrogens (tertiary/aromatic N) is 1. The number of hydrogen-bond donors (Lipinski definition) is 1. The summed E-state index contributed by atoms with van der Waals surface area (Å²) < 4.78 is 19.4. The van der Waals surface area contributed by atoms with E-state index in [0.717, 1.165) is 36.8 Å². The Hall–Kier alpha value is -2.12. The number of halogens is 1. The molecule has 1 aliphatic rings. The first-order valence-corrected chi connectivity index (χ1v) is 12.3. The van der Waals surface area contributed by atoms with E-state index in [1.54, 1.807) is 12.1 Å². The van der Waals surface area contributed by atoms with Gasteiger partial charge < -0.3 is 9.84 Å². The molecule has 0 radical (unpaired) electrons. The first-order chi connectivity index (χ1) is 15.3. The van der Waals surface area contributed by atoms with Gasteiger partial charge >= 0.3 is 5.97 Å². The van der Waals surface area contributed by atoms with E-state index >= 15 is 0 Å². The average Bonchev–Trinajstić information content (AvgIpc) is 3.31. The fourth-order valence-electron chi connectivity index (χ4n) is 4.18. The number of fused-ring (bicyclic) bond motifs is 1. The summed E-state index contributed by atoms with van der Waals surface area (Å²) in [7, 11) is 0. The largest absolute Gasteiger partial charge is 0.463 e. The van der Waals surface area contributed by atoms with E-state index in [9.17, 15) is 19.1 Å². The average molecular weight is 462 g/mol. The van der Waals surface area contributed by atoms with Gasteiger partial charge in [0.05, 0.1) is 16.3 Å². The van der Waals surface area contributed by atoms with Crippen molar-refractivity contribution in [2.75, 3.05) is 0 Å². The molecule has 0 saturated carbocycles. The number of ether oxygens (including phenoxy) is 1. The van der Waals surface area contributed by atoms with Crippen LogP contribution in [0.2, 0.25) is 0 Å². The molecule has 0 aliphatic heterocycles. The summed E-state index contributed by atoms with van der Waals surface area (Å²) in [6.45, 7) is 3.69. The fraction of sp³-hybridized carbons (Fsp3) is 0.560. The number of aliphatic hydroxyl groups excluding tert-OH is 1. The summed E-state index contributed by atoms with van der Waals surface area (Å²) in [5.41, 5.74) is 0.565. The van der Waals surface area contributed by atoms with Crippen molar-refractivity contribution in [2.45, 2.75) is 77.4 Å². The minimum absolute atomic E-state index is 0.0300. The molecular formula is C25H32FNO4S. The highest BCUT2D eigenvalue weighted by atomic mass is 32.1. The van der Waals surface area contributed by atoms with E-state index in [0.29, 0.717) is 29.8 Å². The topological polar surface area (TPSA) is 76.5 Å². The number of rotatable bonds is 12. The van der Waals surface area contributed by atoms with Crippen LogP contribution in [0.3, 0.4) is 0 Å². The molecule has 0 spiro atoms. The third-order valence-electron chi connectivity index (χ3n) is 5.83. The number of allylic oxidation sites excluding steroid dienone is 2. The summed E-state index contributed by atoms with van der Waals surface area (Å²) in [6, 6.07) is 4.46. The van der Waals surface area contributed by atoms with Crippen LogP contribution in [0.25, 0.3) is 10.2 Å². The highest BCUT2D eigenvalue weighted by molar-refractivity contribution is 7.18. The third-order valence-corrected chi connectivity index (χ3v) is 6.97. The molecule has 1 unspecified atom stereocenters. The van der Waals surface area contributed by atoms with Gasteiger partial charge in [0.25, 0.3) is 0 Å². The first kappa shape index (κ1) is 24.5. The van der Waals surface area contributed by atoms with E-state index in [1.807, 2.05) is 19.9 Å². The fourth-order valence-corrected chi connectivity index (χ4v) is 5.15. The molecule has 32 heavy (non-hydrogen) atoms. The molecule has 7 heteroatoms. The molecule has 0 fully saturated rings. The number of hydrogen-bond acceptors (Lipinski definition) is 6. The Labute approximate surface area is 192 Å². The molecule has 1 heterocycles. The smallest absolute Gasteiger partial charge is 0.306 e. The second-order valence-electron chi connectivity index (χ2n) is 8.78. The van der Waals surface area contributed by atoms with Crippen LogP contribution in [-0.4, -0.2) is 27.9 Å². The zero-order valence-electron chi connectivity index (χ0n) is 18.8. The maximum Gasteiger partial charge on any atom is 0.306 e. The standard InChI is InChI=1S/C25H32FNO4S/c1-16(2)31-24(30)8-6-4-3-5-7-19-17(9-12-21(19)28)10-13-22(29)25-27-20-15-18(26)11-14-23(20)32-25/h9,11-12,14-17,19,22,29H,3-8,10,13H2,1-2H3/t17-,19-,22?/m1/s1. The minimum atomic E-state index is -0.717. The predicted octanol–water partition coefficient (Wildman–Crippen LogP) is 5.91. The van der Waals surface area contributed by atoms with Gasteiger partial charge in [0.15, 0.2) is 5.78 Å². The molecule has 174 valence electrons. The summed E-state index contributed by atoms with van der Waals surface area (Å²) in [4.78, 5) is 28.2. The number of unbranched alkanes of at least 4 members (excludes halogenated alkanes) is 3. The van der Waals surface area contributed by atoms with Gasteiger partial charge in [0.2, 0.25) is 0 Å². The minimum Gasteiger partial charge on any atom is -0.463 e. The van der Waals surface area contributed by atoms with Crippen molar-refractivity contribution >= 4 is 33.3 Å². The van der Waals surface area contributed by atoms with Crippen LogP contribution in [0, 0.1) is 17.7 Å². The Bertz CT molecular complexity index is 955. The lowest BCUT2D eigenvalue weighted by molar-refractivity contribution is -0.147. The molecule has 0 saturated heterocycles. The zero-order valence-corrected chi connectivity index (χ0v) is 19.6. The van der Waals surface area contributed by atoms with Gasteiger partial charge in [-0.05, 0) is 63.7 Å². The number of esters is 1. The van der Waals surface area contributed by atoms with Crippen molar-refractivity contribution < 1.29 is 23.8 Å². The van der Waals surface area contributed by atoms with Gasteiger partial charge in [-0.15, -0.1) is 11.3 Å². The first-order valence-electron chi connectivity index (χ1n) is 11.5. The Morgan fingerprint density at radius 3 is 2.78 bits per heavy atom. The molecule has 3 atom stereocenters. The quantitative estimate of drug-likeness (QED) is 0.314. The van der Waals surface area contributed by atoms with Gasteiger partial charge in [0, 0.05) is 18.4 Å². The predicted molar refractivity (Wildman–Crippen MR) is 124 cm³/mol. The lowest BCUT2D eigenvalue weighted by atomic mass is 9.86. The van der Waals surface area contributed by atoms with Crippen LogP contribution in [0.5, 0.6) is 0 Å². The van der Waals surface area contributed by atoms with Crippen LogP contribution < -0.4 is 0 Å². The lowest BCUT2D eigenvalue weighted by Gasteiger charge is -2.19. The molecule has 1 aromatic carbocycles. The molecule has 2 aromatic rings. The van der Waals surface area contributed by atoms with Crippen molar-refractivity contribution in [3.8, 4) is 0 Å². The number of carbonyl (C=O) groups is 2. The molecule has 1 aromatic heterocycles. The van der Waals surface area contributed by atoms with Crippen LogP contribution in [0.4, 0.5) is 4.39 Å². The molecule has 0 bridgehead atoms. The summed E-state index contributed by atoms with van der Waals surface area (Å²) in [6.07, 6.45) is 9.02. The van der Waals surface area contributed by atoms with E-state index in [4.69, 9.17) is 4.74 Å². The molecule has 3 rings (SSSR count). The monoisotopic (exact) mass is 461 g/mol. The van der Waals surface area contributed by atoms with Crippen molar-refractivity contribution in [2.24, 2.45) is 11.8 Å². The van der Waals surface area contributed by atoms with E-state index in [2.05, 4.69) is 4.98 Å². The van der Waals surface area contributed by atoms with Crippen molar-refractivity contribution in [1.82, 2.24) is 4.98 Å². The van der Waals surface area contributed by atoms with Crippen molar-refractivity contribution in [3.63, 3.8) is 0 Å². The number of aliphatic hydroxyl groups is 1. The van der Waals surface area contributed by atoms with Crippen molar-refractivity contribution in [1.29, 1.82) is 0 Å². The maximum atomic E-state index is 13.4. The van der Waals surface area contributed by atoms with Crippen LogP contribution in [-0.2, 0) is 14.3 Å². The van der Waals surface area contributed by atoms with Gasteiger partial charge in [-0.25, -0.2) is 9.37 Å². The third kappa shape index (κ3) is 6.94. The zero-order chi connectivity index (χ0) is 23.1. The van der Waals surface area contributed by atoms with Gasteiger partial charge in [-0.2, -0.15) is 0 Å². The lowest BCUT2D eigenvalue weighted by Crippen LogP contribution is -2.17. The van der Waals surface area contributed by atoms with Gasteiger partial charge in [0.1, 0.15) is 16.9 Å². The van der Waals surface area contributed by atoms with E-state index < -0.39 is 6.10 Å². The maximum absolute atomic E-state index is 13.4. The number of ketones is 1. The number of benzene rings is 1. The molecule has 1 N–H and O–H groups in total. The highest BCUT2D eigenvalue weighted by Crippen LogP contribution is 2.35. The van der Waals surface area contributed by atoms with Crippen LogP contribution in [0.15, 0.2) is 30.4 Å². The highest BCUT2D eigenvalue weighted by Gasteiger charge is 2.30. The SMILES string of the molecule is CC(C)OC(=O)CCCCCC[C@H]1C(=O)C=C[C@@H]1CCC(O)c1nc2cc(F)ccc2s1. The molecule has 0 amide bonds. The van der Waals surface area contributed by atoms with Crippen LogP contribution >= 0.6 is 11.3 Å². The molecule has 1 aliphatic carbocycles. The van der Waals surface area contributed by atoms with Gasteiger partial charge in [-0.3, -0.25) is 9.59 Å². The van der Waals surface area contributed by atoms with Crippen LogP contribution in [0.1, 0.15) is 76.3 Å². The van der Waals surface area contributed by atoms with E-state index in [1.165, 1.54) is 23.5 Å². The Morgan fingerprint density at radius 2 is 2.00 bits per heavy atom. The number of thiazole rings is 1. The summed E-state index contributed by atoms with van der Waals surface area (Å²) in [5.74, 6) is -0.216.